The van der Waals surface area contributed by atoms with E-state index < -0.39 is 0 Å². The molecule has 1 heterocycles. The first-order valence-electron chi connectivity index (χ1n) is 4.07. The van der Waals surface area contributed by atoms with Gasteiger partial charge in [0.25, 0.3) is 0 Å². The van der Waals surface area contributed by atoms with Crippen molar-refractivity contribution in [3.8, 4) is 0 Å². The lowest BCUT2D eigenvalue weighted by molar-refractivity contribution is 0.500. The molecule has 0 bridgehead atoms. The van der Waals surface area contributed by atoms with Gasteiger partial charge in [-0.25, -0.2) is 0 Å². The molecule has 1 nitrogen and oxygen atoms in total. The van der Waals surface area contributed by atoms with Crippen LogP contribution in [0.2, 0.25) is 0 Å². The number of nitrogens with one attached hydrogen (secondary N) is 1. The summed E-state index contributed by atoms with van der Waals surface area (Å²) in [6.07, 6.45) is 0. The third-order valence-corrected chi connectivity index (χ3v) is 4.35. The summed E-state index contributed by atoms with van der Waals surface area (Å²) < 4.78 is 1.18. The first-order chi connectivity index (χ1) is 6.06. The fourth-order valence-electron chi connectivity index (χ4n) is 1.11. The van der Waals surface area contributed by atoms with E-state index in [0.717, 1.165) is 12.0 Å². The molecule has 0 amide bonds. The number of halogens is 2. The Morgan fingerprint density at radius 3 is 2.69 bits per heavy atom. The van der Waals surface area contributed by atoms with Gasteiger partial charge in [-0.05, 0) is 22.0 Å². The summed E-state index contributed by atoms with van der Waals surface area (Å²) in [5, 5.41) is 5.43. The van der Waals surface area contributed by atoms with E-state index in [0.29, 0.717) is 0 Å². The third kappa shape index (κ3) is 3.35. The lowest BCUT2D eigenvalue weighted by Gasteiger charge is -2.22. The van der Waals surface area contributed by atoms with Crippen molar-refractivity contribution in [3.05, 3.63) is 20.8 Å². The van der Waals surface area contributed by atoms with Gasteiger partial charge in [-0.15, -0.1) is 11.3 Å². The van der Waals surface area contributed by atoms with E-state index in [9.17, 15) is 0 Å². The zero-order chi connectivity index (χ0) is 9.90. The van der Waals surface area contributed by atoms with Gasteiger partial charge in [0.05, 0.1) is 5.45 Å². The minimum Gasteiger partial charge on any atom is -0.306 e. The summed E-state index contributed by atoms with van der Waals surface area (Å²) in [5.41, 5.74) is 1.06. The number of hydrogen-bond acceptors (Lipinski definition) is 2. The fourth-order valence-corrected chi connectivity index (χ4v) is 2.87. The normalized spacial score (nSPS) is 12.0. The van der Waals surface area contributed by atoms with Crippen molar-refractivity contribution in [3.63, 3.8) is 0 Å². The van der Waals surface area contributed by atoms with E-state index in [4.69, 9.17) is 0 Å². The molecule has 0 spiro atoms. The molecule has 4 heteroatoms. The lowest BCUT2D eigenvalue weighted by Crippen LogP contribution is -2.31. The Kier molecular flexibility index (Phi) is 4.42. The Morgan fingerprint density at radius 2 is 2.23 bits per heavy atom. The lowest BCUT2D eigenvalue weighted by atomic mass is 9.92. The Balaban J connectivity index is 2.68. The van der Waals surface area contributed by atoms with Gasteiger partial charge in [0.15, 0.2) is 0 Å². The zero-order valence-corrected chi connectivity index (χ0v) is 11.7. The molecule has 0 aliphatic rings. The number of rotatable bonds is 4. The Bertz CT molecular complexity index is 270. The van der Waals surface area contributed by atoms with E-state index in [1.165, 1.54) is 9.35 Å². The average molecular weight is 327 g/mol. The topological polar surface area (TPSA) is 12.0 Å². The van der Waals surface area contributed by atoms with Gasteiger partial charge in [0.2, 0.25) is 0 Å². The highest BCUT2D eigenvalue weighted by Gasteiger charge is 2.21. The smallest absolute Gasteiger partial charge is 0.0517 e. The minimum atomic E-state index is 0.213. The molecule has 1 N–H and O–H groups in total. The summed E-state index contributed by atoms with van der Waals surface area (Å²) in [4.78, 5) is 1.41. The second-order valence-corrected chi connectivity index (χ2v) is 5.96. The zero-order valence-electron chi connectivity index (χ0n) is 7.73. The Labute approximate surface area is 100 Å². The second kappa shape index (κ2) is 4.91. The van der Waals surface area contributed by atoms with Crippen LogP contribution < -0.4 is 5.32 Å². The Hall–Kier alpha value is 0.620. The summed E-state index contributed by atoms with van der Waals surface area (Å²) in [6, 6.07) is 2.20. The first kappa shape index (κ1) is 11.7. The van der Waals surface area contributed by atoms with E-state index in [1.54, 1.807) is 11.3 Å². The van der Waals surface area contributed by atoms with Gasteiger partial charge < -0.3 is 5.32 Å². The van der Waals surface area contributed by atoms with Crippen LogP contribution in [0.5, 0.6) is 0 Å². The molecule has 0 unspecified atom stereocenters. The summed E-state index contributed by atoms with van der Waals surface area (Å²) in [7, 11) is 0. The van der Waals surface area contributed by atoms with Crippen LogP contribution in [0.1, 0.15) is 18.7 Å². The molecule has 0 saturated heterocycles. The molecule has 74 valence electrons. The van der Waals surface area contributed by atoms with E-state index in [-0.39, 0.29) is 5.41 Å². The maximum atomic E-state index is 3.47. The third-order valence-electron chi connectivity index (χ3n) is 1.90. The Morgan fingerprint density at radius 1 is 1.54 bits per heavy atom. The van der Waals surface area contributed by atoms with Crippen LogP contribution in [0.4, 0.5) is 0 Å². The summed E-state index contributed by atoms with van der Waals surface area (Å²) in [6.45, 7) is 5.49. The number of alkyl halides is 1. The maximum Gasteiger partial charge on any atom is 0.0517 e. The molecule has 0 fully saturated rings. The molecule has 13 heavy (non-hydrogen) atoms. The molecule has 0 saturated carbocycles. The van der Waals surface area contributed by atoms with Crippen LogP contribution in [0.15, 0.2) is 15.9 Å². The van der Waals surface area contributed by atoms with Crippen LogP contribution >= 0.6 is 43.2 Å². The average Bonchev–Trinajstić information content (AvgIpc) is 2.49. The highest BCUT2D eigenvalue weighted by atomic mass is 79.9. The SMILES string of the molecule is CC(C)(CNCBr)c1cc(Br)cs1. The predicted octanol–water partition coefficient (Wildman–Crippen LogP) is 3.73. The van der Waals surface area contributed by atoms with Crippen LogP contribution in [0.3, 0.4) is 0 Å². The molecule has 1 aromatic heterocycles. The van der Waals surface area contributed by atoms with Crippen molar-refractivity contribution in [1.82, 2.24) is 5.32 Å². The van der Waals surface area contributed by atoms with Crippen LogP contribution in [-0.4, -0.2) is 12.0 Å². The van der Waals surface area contributed by atoms with Crippen molar-refractivity contribution in [1.29, 1.82) is 0 Å². The molecular weight excluding hydrogens is 314 g/mol. The van der Waals surface area contributed by atoms with Crippen molar-refractivity contribution in [2.75, 3.05) is 12.0 Å². The van der Waals surface area contributed by atoms with Crippen LogP contribution in [0, 0.1) is 0 Å². The minimum absolute atomic E-state index is 0.213. The molecule has 0 aliphatic heterocycles. The number of thiophene rings is 1. The standard InChI is InChI=1S/C9H13Br2NS/c1-9(2,5-12-6-10)8-3-7(11)4-13-8/h3-4,12H,5-6H2,1-2H3. The second-order valence-electron chi connectivity index (χ2n) is 3.57. The molecule has 0 aliphatic carbocycles. The molecule has 1 aromatic rings. The summed E-state index contributed by atoms with van der Waals surface area (Å²) in [5.74, 6) is 0. The van der Waals surface area contributed by atoms with Gasteiger partial charge in [-0.2, -0.15) is 0 Å². The molecular formula is C9H13Br2NS. The van der Waals surface area contributed by atoms with Gasteiger partial charge in [-0.3, -0.25) is 0 Å². The highest BCUT2D eigenvalue weighted by Crippen LogP contribution is 2.30. The van der Waals surface area contributed by atoms with Crippen molar-refractivity contribution < 1.29 is 0 Å². The highest BCUT2D eigenvalue weighted by molar-refractivity contribution is 9.10. The van der Waals surface area contributed by atoms with E-state index >= 15 is 0 Å². The molecule has 1 rings (SSSR count). The summed E-state index contributed by atoms with van der Waals surface area (Å²) >= 11 is 8.64. The quantitative estimate of drug-likeness (QED) is 0.656. The van der Waals surface area contributed by atoms with E-state index in [2.05, 4.69) is 62.5 Å². The first-order valence-corrected chi connectivity index (χ1v) is 6.87. The van der Waals surface area contributed by atoms with Gasteiger partial charge in [-0.1, -0.05) is 29.8 Å². The predicted molar refractivity (Wildman–Crippen MR) is 66.8 cm³/mol. The number of hydrogen-bond donors (Lipinski definition) is 1. The largest absolute Gasteiger partial charge is 0.306 e. The molecule has 0 aromatic carbocycles. The van der Waals surface area contributed by atoms with Crippen LogP contribution in [0.25, 0.3) is 0 Å². The van der Waals surface area contributed by atoms with Gasteiger partial charge in [0.1, 0.15) is 0 Å². The van der Waals surface area contributed by atoms with Gasteiger partial charge in [0, 0.05) is 26.7 Å². The van der Waals surface area contributed by atoms with Crippen LogP contribution in [-0.2, 0) is 5.41 Å². The van der Waals surface area contributed by atoms with Gasteiger partial charge >= 0.3 is 0 Å². The van der Waals surface area contributed by atoms with Crippen molar-refractivity contribution in [2.45, 2.75) is 19.3 Å². The van der Waals surface area contributed by atoms with Crippen molar-refractivity contribution >= 4 is 43.2 Å². The van der Waals surface area contributed by atoms with E-state index in [1.807, 2.05) is 0 Å². The molecule has 0 atom stereocenters. The maximum absolute atomic E-state index is 3.47. The van der Waals surface area contributed by atoms with Crippen molar-refractivity contribution in [2.24, 2.45) is 0 Å². The fraction of sp³-hybridized carbons (Fsp3) is 0.556. The monoisotopic (exact) mass is 325 g/mol. The molecule has 0 radical (unpaired) electrons.